The van der Waals surface area contributed by atoms with Crippen molar-refractivity contribution in [1.82, 2.24) is 5.32 Å². The number of nitrogens with one attached hydrogen (secondary N) is 1. The molecule has 0 bridgehead atoms. The fraction of sp³-hybridized carbons (Fsp3) is 0.333. The van der Waals surface area contributed by atoms with Crippen LogP contribution in [0.2, 0.25) is 5.02 Å². The van der Waals surface area contributed by atoms with Crippen LogP contribution in [0.5, 0.6) is 0 Å². The zero-order valence-corrected chi connectivity index (χ0v) is 12.8. The van der Waals surface area contributed by atoms with E-state index in [4.69, 9.17) is 11.6 Å². The molecule has 1 saturated heterocycles. The molecule has 2 aromatic carbocycles. The monoisotopic (exact) mass is 303 g/mol. The van der Waals surface area contributed by atoms with Crippen LogP contribution in [0.3, 0.4) is 0 Å². The number of rotatable bonds is 2. The summed E-state index contributed by atoms with van der Waals surface area (Å²) >= 11 is 6.07. The highest BCUT2D eigenvalue weighted by atomic mass is 35.5. The van der Waals surface area contributed by atoms with Crippen LogP contribution in [0.1, 0.15) is 34.9 Å². The molecule has 3 heteroatoms. The Hall–Kier alpha value is -1.38. The van der Waals surface area contributed by atoms with Crippen LogP contribution in [0.15, 0.2) is 42.5 Å². The summed E-state index contributed by atoms with van der Waals surface area (Å²) in [5.74, 6) is 0.308. The Bertz CT molecular complexity index is 641. The lowest BCUT2D eigenvalue weighted by Crippen LogP contribution is -2.34. The van der Waals surface area contributed by atoms with Crippen LogP contribution < -0.4 is 5.32 Å². The SMILES string of the molecule is Cc1cccc(C2CNCCC2c2cc(Cl)ccc2F)c1. The molecule has 110 valence electrons. The number of hydrogen-bond donors (Lipinski definition) is 1. The van der Waals surface area contributed by atoms with E-state index >= 15 is 0 Å². The van der Waals surface area contributed by atoms with Gasteiger partial charge in [-0.25, -0.2) is 4.39 Å². The Kier molecular flexibility index (Phi) is 4.27. The van der Waals surface area contributed by atoms with E-state index in [1.807, 2.05) is 0 Å². The van der Waals surface area contributed by atoms with Crippen LogP contribution in [0.4, 0.5) is 4.39 Å². The van der Waals surface area contributed by atoms with Crippen molar-refractivity contribution in [3.8, 4) is 0 Å². The topological polar surface area (TPSA) is 12.0 Å². The van der Waals surface area contributed by atoms with Crippen molar-refractivity contribution in [2.75, 3.05) is 13.1 Å². The van der Waals surface area contributed by atoms with Crippen LogP contribution in [0.25, 0.3) is 0 Å². The fourth-order valence-corrected chi connectivity index (χ4v) is 3.46. The third kappa shape index (κ3) is 3.12. The first-order valence-corrected chi connectivity index (χ1v) is 7.75. The molecule has 0 radical (unpaired) electrons. The predicted molar refractivity (Wildman–Crippen MR) is 85.6 cm³/mol. The average molecular weight is 304 g/mol. The molecule has 1 heterocycles. The van der Waals surface area contributed by atoms with E-state index in [2.05, 4.69) is 36.5 Å². The molecule has 3 rings (SSSR count). The first-order chi connectivity index (χ1) is 10.1. The molecule has 21 heavy (non-hydrogen) atoms. The molecule has 0 saturated carbocycles. The second kappa shape index (κ2) is 6.17. The van der Waals surface area contributed by atoms with Crippen molar-refractivity contribution in [1.29, 1.82) is 0 Å². The Balaban J connectivity index is 2.00. The molecule has 1 N–H and O–H groups in total. The molecule has 1 aliphatic rings. The second-order valence-corrected chi connectivity index (χ2v) is 6.22. The maximum Gasteiger partial charge on any atom is 0.126 e. The van der Waals surface area contributed by atoms with E-state index in [9.17, 15) is 4.39 Å². The second-order valence-electron chi connectivity index (χ2n) is 5.79. The van der Waals surface area contributed by atoms with Gasteiger partial charge in [0.2, 0.25) is 0 Å². The minimum absolute atomic E-state index is 0.149. The van der Waals surface area contributed by atoms with E-state index < -0.39 is 0 Å². The third-order valence-electron chi connectivity index (χ3n) is 4.31. The smallest absolute Gasteiger partial charge is 0.126 e. The van der Waals surface area contributed by atoms with Gasteiger partial charge in [-0.2, -0.15) is 0 Å². The summed E-state index contributed by atoms with van der Waals surface area (Å²) in [5.41, 5.74) is 3.26. The van der Waals surface area contributed by atoms with Gasteiger partial charge >= 0.3 is 0 Å². The maximum absolute atomic E-state index is 14.2. The Morgan fingerprint density at radius 2 is 2.00 bits per heavy atom. The molecule has 0 aromatic heterocycles. The van der Waals surface area contributed by atoms with Crippen molar-refractivity contribution in [2.24, 2.45) is 0 Å². The number of piperidine rings is 1. The van der Waals surface area contributed by atoms with Crippen molar-refractivity contribution in [3.63, 3.8) is 0 Å². The first-order valence-electron chi connectivity index (χ1n) is 7.37. The lowest BCUT2D eigenvalue weighted by atomic mass is 9.77. The van der Waals surface area contributed by atoms with E-state index in [1.54, 1.807) is 12.1 Å². The molecule has 0 spiro atoms. The molecule has 2 unspecified atom stereocenters. The largest absolute Gasteiger partial charge is 0.316 e. The highest BCUT2D eigenvalue weighted by Gasteiger charge is 2.29. The van der Waals surface area contributed by atoms with Gasteiger partial charge in [0.1, 0.15) is 5.82 Å². The van der Waals surface area contributed by atoms with Gasteiger partial charge in [-0.05, 0) is 55.1 Å². The van der Waals surface area contributed by atoms with Gasteiger partial charge in [-0.3, -0.25) is 0 Å². The summed E-state index contributed by atoms with van der Waals surface area (Å²) in [6, 6.07) is 13.4. The molecule has 1 fully saturated rings. The molecule has 1 aliphatic heterocycles. The minimum atomic E-state index is -0.149. The predicted octanol–water partition coefficient (Wildman–Crippen LogP) is 4.65. The molecule has 0 aliphatic carbocycles. The number of benzene rings is 2. The Morgan fingerprint density at radius 3 is 2.81 bits per heavy atom. The van der Waals surface area contributed by atoms with Crippen molar-refractivity contribution in [3.05, 3.63) is 70.0 Å². The molecule has 1 nitrogen and oxygen atoms in total. The number of hydrogen-bond acceptors (Lipinski definition) is 1. The fourth-order valence-electron chi connectivity index (χ4n) is 3.28. The number of halogens is 2. The summed E-state index contributed by atoms with van der Waals surface area (Å²) in [7, 11) is 0. The van der Waals surface area contributed by atoms with Gasteiger partial charge in [-0.1, -0.05) is 41.4 Å². The van der Waals surface area contributed by atoms with E-state index in [1.165, 1.54) is 17.2 Å². The quantitative estimate of drug-likeness (QED) is 0.851. The maximum atomic E-state index is 14.2. The van der Waals surface area contributed by atoms with Crippen LogP contribution in [-0.4, -0.2) is 13.1 Å². The van der Waals surface area contributed by atoms with E-state index in [0.717, 1.165) is 25.1 Å². The molecule has 2 aromatic rings. The van der Waals surface area contributed by atoms with Gasteiger partial charge in [0.15, 0.2) is 0 Å². The summed E-state index contributed by atoms with van der Waals surface area (Å²) in [6.45, 7) is 3.88. The lowest BCUT2D eigenvalue weighted by molar-refractivity contribution is 0.393. The molecule has 0 amide bonds. The van der Waals surface area contributed by atoms with E-state index in [0.29, 0.717) is 5.02 Å². The third-order valence-corrected chi connectivity index (χ3v) is 4.54. The highest BCUT2D eigenvalue weighted by molar-refractivity contribution is 6.30. The standard InChI is InChI=1S/C18H19ClFN/c1-12-3-2-4-13(9-12)17-11-21-8-7-15(17)16-10-14(19)5-6-18(16)20/h2-6,9-10,15,17,21H,7-8,11H2,1H3. The normalized spacial score (nSPS) is 22.2. The minimum Gasteiger partial charge on any atom is -0.316 e. The lowest BCUT2D eigenvalue weighted by Gasteiger charge is -2.33. The van der Waals surface area contributed by atoms with Gasteiger partial charge in [0.25, 0.3) is 0 Å². The van der Waals surface area contributed by atoms with Gasteiger partial charge in [0.05, 0.1) is 0 Å². The molecular weight excluding hydrogens is 285 g/mol. The van der Waals surface area contributed by atoms with Crippen LogP contribution in [0, 0.1) is 12.7 Å². The average Bonchev–Trinajstić information content (AvgIpc) is 2.50. The summed E-state index contributed by atoms with van der Waals surface area (Å²) in [4.78, 5) is 0. The zero-order chi connectivity index (χ0) is 14.8. The van der Waals surface area contributed by atoms with Gasteiger partial charge in [0, 0.05) is 17.5 Å². The Labute approximate surface area is 130 Å². The summed E-state index contributed by atoms with van der Waals surface area (Å²) in [5, 5.41) is 4.04. The van der Waals surface area contributed by atoms with Crippen molar-refractivity contribution in [2.45, 2.75) is 25.2 Å². The van der Waals surface area contributed by atoms with Gasteiger partial charge < -0.3 is 5.32 Å². The van der Waals surface area contributed by atoms with Crippen molar-refractivity contribution < 1.29 is 4.39 Å². The Morgan fingerprint density at radius 1 is 1.14 bits per heavy atom. The van der Waals surface area contributed by atoms with Crippen molar-refractivity contribution >= 4 is 11.6 Å². The summed E-state index contributed by atoms with van der Waals surface area (Å²) < 4.78 is 14.2. The highest BCUT2D eigenvalue weighted by Crippen LogP contribution is 2.39. The molecular formula is C18H19ClFN. The molecule has 2 atom stereocenters. The van der Waals surface area contributed by atoms with Gasteiger partial charge in [-0.15, -0.1) is 0 Å². The van der Waals surface area contributed by atoms with Crippen LogP contribution >= 0.6 is 11.6 Å². The van der Waals surface area contributed by atoms with Crippen LogP contribution in [-0.2, 0) is 0 Å². The van der Waals surface area contributed by atoms with E-state index in [-0.39, 0.29) is 17.7 Å². The number of aryl methyl sites for hydroxylation is 1. The zero-order valence-electron chi connectivity index (χ0n) is 12.1. The first kappa shape index (κ1) is 14.6. The summed E-state index contributed by atoms with van der Waals surface area (Å²) in [6.07, 6.45) is 0.926.